The third kappa shape index (κ3) is 3.85. The van der Waals surface area contributed by atoms with Crippen LogP contribution in [-0.4, -0.2) is 43.4 Å². The highest BCUT2D eigenvalue weighted by Crippen LogP contribution is 2.07. The molecule has 0 aromatic heterocycles. The Kier molecular flexibility index (Phi) is 5.32. The number of nitrogens with two attached hydrogens (primary N) is 1. The average molecular weight is 249 g/mol. The first-order chi connectivity index (χ1) is 8.56. The van der Waals surface area contributed by atoms with E-state index in [-0.39, 0.29) is 12.5 Å². The molecule has 1 aromatic rings. The minimum atomic E-state index is -0.617. The van der Waals surface area contributed by atoms with Gasteiger partial charge in [0.2, 0.25) is 11.8 Å². The Morgan fingerprint density at radius 3 is 2.44 bits per heavy atom. The summed E-state index contributed by atoms with van der Waals surface area (Å²) in [6.07, 6.45) is 0.433. The van der Waals surface area contributed by atoms with Crippen molar-refractivity contribution >= 4 is 11.8 Å². The molecule has 1 atom stereocenters. The Bertz CT molecular complexity index is 406. The molecule has 0 radical (unpaired) electrons. The van der Waals surface area contributed by atoms with Crippen LogP contribution in [0.1, 0.15) is 5.56 Å². The van der Waals surface area contributed by atoms with Crippen LogP contribution in [0.3, 0.4) is 0 Å². The van der Waals surface area contributed by atoms with Crippen LogP contribution in [0.4, 0.5) is 0 Å². The molecular formula is C13H19N3O2. The fraction of sp³-hybridized carbons (Fsp3) is 0.385. The first-order valence-corrected chi connectivity index (χ1v) is 5.79. The lowest BCUT2D eigenvalue weighted by atomic mass is 10.0. The molecule has 2 amide bonds. The van der Waals surface area contributed by atoms with Crippen molar-refractivity contribution in [3.05, 3.63) is 35.9 Å². The molecular weight excluding hydrogens is 230 g/mol. The van der Waals surface area contributed by atoms with Crippen molar-refractivity contribution in [2.75, 3.05) is 20.6 Å². The minimum Gasteiger partial charge on any atom is -0.368 e. The molecule has 5 nitrogen and oxygen atoms in total. The molecule has 0 aliphatic heterocycles. The molecule has 0 aliphatic carbocycles. The number of carbonyl (C=O) groups excluding carboxylic acids is 2. The standard InChI is InChI=1S/C13H19N3O2/c1-15-9-12(17)16(2)11(13(14)18)8-10-6-4-3-5-7-10/h3-7,11,15H,8-9H2,1-2H3,(H2,14,18). The van der Waals surface area contributed by atoms with Crippen molar-refractivity contribution in [2.45, 2.75) is 12.5 Å². The highest BCUT2D eigenvalue weighted by Gasteiger charge is 2.24. The Labute approximate surface area is 107 Å². The Hall–Kier alpha value is -1.88. The van der Waals surface area contributed by atoms with Gasteiger partial charge < -0.3 is 16.0 Å². The van der Waals surface area contributed by atoms with Gasteiger partial charge in [-0.2, -0.15) is 0 Å². The van der Waals surface area contributed by atoms with Gasteiger partial charge in [-0.15, -0.1) is 0 Å². The maximum absolute atomic E-state index is 11.7. The topological polar surface area (TPSA) is 75.4 Å². The normalized spacial score (nSPS) is 11.9. The molecule has 18 heavy (non-hydrogen) atoms. The highest BCUT2D eigenvalue weighted by atomic mass is 16.2. The SMILES string of the molecule is CNCC(=O)N(C)C(Cc1ccccc1)C(N)=O. The van der Waals surface area contributed by atoms with Crippen molar-refractivity contribution in [3.8, 4) is 0 Å². The predicted molar refractivity (Wildman–Crippen MR) is 69.8 cm³/mol. The maximum atomic E-state index is 11.7. The molecule has 3 N–H and O–H groups in total. The van der Waals surface area contributed by atoms with Crippen LogP contribution >= 0.6 is 0 Å². The van der Waals surface area contributed by atoms with Crippen molar-refractivity contribution < 1.29 is 9.59 Å². The predicted octanol–water partition coefficient (Wildman–Crippen LogP) is -0.239. The zero-order chi connectivity index (χ0) is 13.5. The molecule has 0 saturated carbocycles. The second-order valence-corrected chi connectivity index (χ2v) is 4.14. The summed E-state index contributed by atoms with van der Waals surface area (Å²) in [4.78, 5) is 24.6. The third-order valence-electron chi connectivity index (χ3n) is 2.79. The van der Waals surface area contributed by atoms with Crippen LogP contribution in [0.2, 0.25) is 0 Å². The van der Waals surface area contributed by atoms with Gasteiger partial charge >= 0.3 is 0 Å². The summed E-state index contributed by atoms with van der Waals surface area (Å²) in [5, 5.41) is 2.76. The average Bonchev–Trinajstić information content (AvgIpc) is 2.36. The number of amides is 2. The molecule has 98 valence electrons. The number of rotatable bonds is 6. The van der Waals surface area contributed by atoms with Gasteiger partial charge in [0.05, 0.1) is 6.54 Å². The fourth-order valence-electron chi connectivity index (χ4n) is 1.72. The van der Waals surface area contributed by atoms with Crippen molar-refractivity contribution in [2.24, 2.45) is 5.73 Å². The second kappa shape index (κ2) is 6.76. The Morgan fingerprint density at radius 1 is 1.33 bits per heavy atom. The summed E-state index contributed by atoms with van der Waals surface area (Å²) in [6.45, 7) is 0.190. The van der Waals surface area contributed by atoms with E-state index in [2.05, 4.69) is 5.32 Å². The van der Waals surface area contributed by atoms with E-state index in [0.29, 0.717) is 6.42 Å². The van der Waals surface area contributed by atoms with Crippen LogP contribution in [0, 0.1) is 0 Å². The van der Waals surface area contributed by atoms with Gasteiger partial charge in [-0.05, 0) is 12.6 Å². The van der Waals surface area contributed by atoms with Crippen LogP contribution in [0.5, 0.6) is 0 Å². The zero-order valence-electron chi connectivity index (χ0n) is 10.7. The van der Waals surface area contributed by atoms with Gasteiger partial charge in [-0.1, -0.05) is 30.3 Å². The van der Waals surface area contributed by atoms with Gasteiger partial charge in [0.25, 0.3) is 0 Å². The maximum Gasteiger partial charge on any atom is 0.240 e. The smallest absolute Gasteiger partial charge is 0.240 e. The number of benzene rings is 1. The Balaban J connectivity index is 2.77. The number of likely N-dealkylation sites (N-methyl/N-ethyl adjacent to an activating group) is 2. The highest BCUT2D eigenvalue weighted by molar-refractivity contribution is 5.87. The molecule has 0 heterocycles. The van der Waals surface area contributed by atoms with Gasteiger partial charge in [0.15, 0.2) is 0 Å². The summed E-state index contributed by atoms with van der Waals surface area (Å²) >= 11 is 0. The lowest BCUT2D eigenvalue weighted by Crippen LogP contribution is -2.49. The molecule has 0 bridgehead atoms. The molecule has 0 spiro atoms. The summed E-state index contributed by atoms with van der Waals surface area (Å²) in [5.74, 6) is -0.650. The molecule has 1 rings (SSSR count). The molecule has 0 aliphatic rings. The third-order valence-corrected chi connectivity index (χ3v) is 2.79. The molecule has 1 aromatic carbocycles. The van der Waals surface area contributed by atoms with Gasteiger partial charge in [0, 0.05) is 13.5 Å². The first-order valence-electron chi connectivity index (χ1n) is 5.79. The first kappa shape index (κ1) is 14.2. The van der Waals surface area contributed by atoms with Gasteiger partial charge in [0.1, 0.15) is 6.04 Å². The monoisotopic (exact) mass is 249 g/mol. The number of carbonyl (C=O) groups is 2. The van der Waals surface area contributed by atoms with E-state index >= 15 is 0 Å². The molecule has 0 fully saturated rings. The summed E-state index contributed by atoms with van der Waals surface area (Å²) in [6, 6.07) is 8.89. The zero-order valence-corrected chi connectivity index (χ0v) is 10.7. The minimum absolute atomic E-state index is 0.155. The van der Waals surface area contributed by atoms with Crippen LogP contribution in [-0.2, 0) is 16.0 Å². The number of primary amides is 1. The number of nitrogens with zero attached hydrogens (tertiary/aromatic N) is 1. The van der Waals surface area contributed by atoms with E-state index in [9.17, 15) is 9.59 Å². The quantitative estimate of drug-likeness (QED) is 0.730. The lowest BCUT2D eigenvalue weighted by Gasteiger charge is -2.25. The fourth-order valence-corrected chi connectivity index (χ4v) is 1.72. The van der Waals surface area contributed by atoms with Gasteiger partial charge in [-0.3, -0.25) is 9.59 Å². The van der Waals surface area contributed by atoms with E-state index in [1.165, 1.54) is 4.90 Å². The second-order valence-electron chi connectivity index (χ2n) is 4.14. The van der Waals surface area contributed by atoms with Crippen molar-refractivity contribution in [1.82, 2.24) is 10.2 Å². The van der Waals surface area contributed by atoms with Crippen molar-refractivity contribution in [1.29, 1.82) is 0 Å². The van der Waals surface area contributed by atoms with E-state index < -0.39 is 11.9 Å². The summed E-state index contributed by atoms with van der Waals surface area (Å²) < 4.78 is 0. The van der Waals surface area contributed by atoms with Crippen LogP contribution in [0.15, 0.2) is 30.3 Å². The molecule has 1 unspecified atom stereocenters. The number of hydrogen-bond donors (Lipinski definition) is 2. The summed E-state index contributed by atoms with van der Waals surface area (Å²) in [5.41, 5.74) is 6.34. The lowest BCUT2D eigenvalue weighted by molar-refractivity contribution is -0.136. The van der Waals surface area contributed by atoms with Crippen LogP contribution in [0.25, 0.3) is 0 Å². The van der Waals surface area contributed by atoms with E-state index in [1.807, 2.05) is 30.3 Å². The van der Waals surface area contributed by atoms with E-state index in [0.717, 1.165) is 5.56 Å². The largest absolute Gasteiger partial charge is 0.368 e. The van der Waals surface area contributed by atoms with E-state index in [1.54, 1.807) is 14.1 Å². The summed E-state index contributed by atoms with van der Waals surface area (Å²) in [7, 11) is 3.28. The van der Waals surface area contributed by atoms with E-state index in [4.69, 9.17) is 5.73 Å². The Morgan fingerprint density at radius 2 is 1.94 bits per heavy atom. The molecule has 0 saturated heterocycles. The number of nitrogens with one attached hydrogen (secondary N) is 1. The van der Waals surface area contributed by atoms with Crippen molar-refractivity contribution in [3.63, 3.8) is 0 Å². The number of hydrogen-bond acceptors (Lipinski definition) is 3. The van der Waals surface area contributed by atoms with Crippen LogP contribution < -0.4 is 11.1 Å². The van der Waals surface area contributed by atoms with Gasteiger partial charge in [-0.25, -0.2) is 0 Å². The molecule has 5 heteroatoms.